The number of carboxylic acids is 1. The molecule has 0 aromatic heterocycles. The van der Waals surface area contributed by atoms with E-state index in [1.54, 1.807) is 18.2 Å². The van der Waals surface area contributed by atoms with Crippen molar-refractivity contribution in [1.29, 1.82) is 0 Å². The third-order valence-corrected chi connectivity index (χ3v) is 6.01. The van der Waals surface area contributed by atoms with Crippen molar-refractivity contribution in [3.8, 4) is 11.5 Å². The molecule has 1 saturated heterocycles. The average molecular weight is 485 g/mol. The number of carbonyl (C=O) groups excluding carboxylic acids is 3. The van der Waals surface area contributed by atoms with Gasteiger partial charge < -0.3 is 19.9 Å². The largest absolute Gasteiger partial charge is 0.493 e. The van der Waals surface area contributed by atoms with Crippen LogP contribution < -0.4 is 14.8 Å². The Morgan fingerprint density at radius 2 is 1.85 bits per heavy atom. The van der Waals surface area contributed by atoms with E-state index in [0.29, 0.717) is 11.3 Å². The molecule has 1 heterocycles. The second-order valence-electron chi connectivity index (χ2n) is 7.62. The molecule has 0 aliphatic carbocycles. The summed E-state index contributed by atoms with van der Waals surface area (Å²) in [7, 11) is 1.40. The summed E-state index contributed by atoms with van der Waals surface area (Å²) in [6.45, 7) is 4.87. The van der Waals surface area contributed by atoms with Crippen LogP contribution in [-0.4, -0.2) is 52.8 Å². The van der Waals surface area contributed by atoms with Gasteiger partial charge in [0.25, 0.3) is 11.1 Å². The summed E-state index contributed by atoms with van der Waals surface area (Å²) in [5, 5.41) is 11.2. The highest BCUT2D eigenvalue weighted by molar-refractivity contribution is 8.18. The number of nitrogens with one attached hydrogen (secondary N) is 1. The van der Waals surface area contributed by atoms with E-state index < -0.39 is 35.7 Å². The van der Waals surface area contributed by atoms with Crippen LogP contribution in [0.1, 0.15) is 23.6 Å². The minimum atomic E-state index is -1.12. The van der Waals surface area contributed by atoms with Crippen molar-refractivity contribution < 1.29 is 33.8 Å². The fourth-order valence-corrected chi connectivity index (χ4v) is 3.90. The third kappa shape index (κ3) is 5.76. The van der Waals surface area contributed by atoms with E-state index in [1.165, 1.54) is 26.2 Å². The van der Waals surface area contributed by atoms with E-state index in [4.69, 9.17) is 14.6 Å². The number of nitrogens with zero attached hydrogens (tertiary/aromatic N) is 1. The maximum absolute atomic E-state index is 12.8. The Hall–Kier alpha value is -3.79. The summed E-state index contributed by atoms with van der Waals surface area (Å²) in [6, 6.07) is 10.1. The van der Waals surface area contributed by atoms with E-state index in [0.717, 1.165) is 27.8 Å². The normalized spacial score (nSPS) is 15.4. The van der Waals surface area contributed by atoms with Crippen LogP contribution in [0.25, 0.3) is 6.08 Å². The van der Waals surface area contributed by atoms with Crippen LogP contribution >= 0.6 is 11.8 Å². The highest BCUT2D eigenvalue weighted by Crippen LogP contribution is 2.34. The number of ether oxygens (including phenoxy) is 2. The van der Waals surface area contributed by atoms with E-state index in [9.17, 15) is 19.2 Å². The Labute approximate surface area is 200 Å². The quantitative estimate of drug-likeness (QED) is 0.542. The summed E-state index contributed by atoms with van der Waals surface area (Å²) in [6.07, 6.45) is 0.421. The van der Waals surface area contributed by atoms with Crippen LogP contribution in [0.15, 0.2) is 41.3 Å². The number of anilines is 1. The molecule has 178 valence electrons. The van der Waals surface area contributed by atoms with Gasteiger partial charge in [-0.05, 0) is 79.6 Å². The monoisotopic (exact) mass is 484 g/mol. The zero-order valence-electron chi connectivity index (χ0n) is 19.1. The van der Waals surface area contributed by atoms with Crippen LogP contribution in [0.5, 0.6) is 11.5 Å². The zero-order valence-corrected chi connectivity index (χ0v) is 19.9. The molecule has 9 nitrogen and oxygen atoms in total. The van der Waals surface area contributed by atoms with Gasteiger partial charge >= 0.3 is 5.97 Å². The van der Waals surface area contributed by atoms with Gasteiger partial charge in [-0.25, -0.2) is 4.79 Å². The summed E-state index contributed by atoms with van der Waals surface area (Å²) >= 11 is 0.730. The van der Waals surface area contributed by atoms with Gasteiger partial charge in [0.1, 0.15) is 6.54 Å². The van der Waals surface area contributed by atoms with Crippen LogP contribution in [-0.2, 0) is 14.4 Å². The number of aryl methyl sites for hydroxylation is 2. The molecule has 3 rings (SSSR count). The van der Waals surface area contributed by atoms with Gasteiger partial charge in [-0.3, -0.25) is 19.3 Å². The maximum atomic E-state index is 12.8. The van der Waals surface area contributed by atoms with Crippen molar-refractivity contribution in [2.75, 3.05) is 19.0 Å². The van der Waals surface area contributed by atoms with Crippen molar-refractivity contribution in [3.05, 3.63) is 58.0 Å². The third-order valence-electron chi connectivity index (χ3n) is 5.10. The predicted octanol–water partition coefficient (Wildman–Crippen LogP) is 3.84. The summed E-state index contributed by atoms with van der Waals surface area (Å²) in [4.78, 5) is 49.6. The topological polar surface area (TPSA) is 122 Å². The second kappa shape index (κ2) is 10.4. The maximum Gasteiger partial charge on any atom is 0.344 e. The molecule has 1 atom stereocenters. The number of hydrogen-bond acceptors (Lipinski definition) is 7. The number of aliphatic carboxylic acids is 1. The Balaban J connectivity index is 1.71. The van der Waals surface area contributed by atoms with Gasteiger partial charge in [-0.1, -0.05) is 12.1 Å². The molecule has 1 fully saturated rings. The van der Waals surface area contributed by atoms with Crippen molar-refractivity contribution in [2.45, 2.75) is 26.9 Å². The number of carbonyl (C=O) groups is 4. The SMILES string of the molecule is COc1cc(/C=C2\SC(=O)N(CC(=O)Nc3ccc(C)c(C)c3)C2=O)ccc1O[C@@H](C)C(=O)O. The number of carboxylic acid groups (broad SMARTS) is 1. The Kier molecular flexibility index (Phi) is 7.62. The Morgan fingerprint density at radius 3 is 2.50 bits per heavy atom. The standard InChI is InChI=1S/C24H24N2O7S/c1-13-5-7-17(9-14(13)2)25-21(27)12-26-22(28)20(34-24(26)31)11-16-6-8-18(19(10-16)32-4)33-15(3)23(29)30/h5-11,15H,12H2,1-4H3,(H,25,27)(H,29,30)/b20-11-/t15-/m0/s1. The molecule has 1 aliphatic heterocycles. The molecule has 2 aromatic rings. The Morgan fingerprint density at radius 1 is 1.12 bits per heavy atom. The first-order valence-corrected chi connectivity index (χ1v) is 11.1. The van der Waals surface area contributed by atoms with Crippen molar-refractivity contribution >= 4 is 46.5 Å². The number of benzene rings is 2. The van der Waals surface area contributed by atoms with Crippen LogP contribution in [0, 0.1) is 13.8 Å². The minimum Gasteiger partial charge on any atom is -0.493 e. The van der Waals surface area contributed by atoms with Crippen LogP contribution in [0.2, 0.25) is 0 Å². The predicted molar refractivity (Wildman–Crippen MR) is 128 cm³/mol. The number of rotatable bonds is 8. The van der Waals surface area contributed by atoms with Crippen molar-refractivity contribution in [3.63, 3.8) is 0 Å². The molecule has 1 aliphatic rings. The van der Waals surface area contributed by atoms with E-state index >= 15 is 0 Å². The van der Waals surface area contributed by atoms with Gasteiger partial charge in [-0.15, -0.1) is 0 Å². The average Bonchev–Trinajstić information content (AvgIpc) is 3.04. The molecule has 2 aromatic carbocycles. The smallest absolute Gasteiger partial charge is 0.344 e. The first kappa shape index (κ1) is 24.8. The fraction of sp³-hybridized carbons (Fsp3) is 0.250. The van der Waals surface area contributed by atoms with E-state index in [-0.39, 0.29) is 16.4 Å². The Bertz CT molecular complexity index is 1190. The highest BCUT2D eigenvalue weighted by Gasteiger charge is 2.36. The van der Waals surface area contributed by atoms with Gasteiger partial charge in [0.15, 0.2) is 17.6 Å². The lowest BCUT2D eigenvalue weighted by Crippen LogP contribution is -2.36. The van der Waals surface area contributed by atoms with E-state index in [2.05, 4.69) is 5.32 Å². The van der Waals surface area contributed by atoms with Crippen molar-refractivity contribution in [2.24, 2.45) is 0 Å². The molecular formula is C24H24N2O7S. The molecule has 0 bridgehead atoms. The van der Waals surface area contributed by atoms with Gasteiger partial charge in [0.05, 0.1) is 12.0 Å². The number of methoxy groups -OCH3 is 1. The number of hydrogen-bond donors (Lipinski definition) is 2. The first-order valence-electron chi connectivity index (χ1n) is 10.3. The summed E-state index contributed by atoms with van der Waals surface area (Å²) < 4.78 is 10.6. The summed E-state index contributed by atoms with van der Waals surface area (Å²) in [5.74, 6) is -1.69. The van der Waals surface area contributed by atoms with Gasteiger partial charge in [0.2, 0.25) is 5.91 Å². The molecule has 3 amide bonds. The lowest BCUT2D eigenvalue weighted by Gasteiger charge is -2.14. The second-order valence-corrected chi connectivity index (χ2v) is 8.62. The lowest BCUT2D eigenvalue weighted by atomic mass is 10.1. The van der Waals surface area contributed by atoms with Gasteiger partial charge in [-0.2, -0.15) is 0 Å². The van der Waals surface area contributed by atoms with E-state index in [1.807, 2.05) is 26.0 Å². The minimum absolute atomic E-state index is 0.151. The first-order chi connectivity index (χ1) is 16.1. The lowest BCUT2D eigenvalue weighted by molar-refractivity contribution is -0.144. The highest BCUT2D eigenvalue weighted by atomic mass is 32.2. The number of amides is 3. The molecule has 34 heavy (non-hydrogen) atoms. The van der Waals surface area contributed by atoms with Gasteiger partial charge in [0, 0.05) is 5.69 Å². The zero-order chi connectivity index (χ0) is 25.0. The van der Waals surface area contributed by atoms with Crippen LogP contribution in [0.4, 0.5) is 10.5 Å². The molecule has 0 radical (unpaired) electrons. The molecule has 0 unspecified atom stereocenters. The molecule has 10 heteroatoms. The summed E-state index contributed by atoms with van der Waals surface area (Å²) in [5.41, 5.74) is 3.22. The van der Waals surface area contributed by atoms with Crippen molar-refractivity contribution in [1.82, 2.24) is 4.90 Å². The van der Waals surface area contributed by atoms with Crippen LogP contribution in [0.3, 0.4) is 0 Å². The molecule has 2 N–H and O–H groups in total. The fourth-order valence-electron chi connectivity index (χ4n) is 3.06. The molecule has 0 spiro atoms. The molecular weight excluding hydrogens is 460 g/mol. The number of thioether (sulfide) groups is 1. The number of imide groups is 1. The molecule has 0 saturated carbocycles.